The van der Waals surface area contributed by atoms with Gasteiger partial charge in [-0.1, -0.05) is 182 Å². The van der Waals surface area contributed by atoms with Crippen LogP contribution in [0.2, 0.25) is 0 Å². The number of hydrogen-bond donors (Lipinski definition) is 2. The Kier molecular flexibility index (Phi) is 9.60. The predicted octanol–water partition coefficient (Wildman–Crippen LogP) is 6.70. The smallest absolute Gasteiger partial charge is 0.353 e. The summed E-state index contributed by atoms with van der Waals surface area (Å²) in [6, 6.07) is 59.4. The van der Waals surface area contributed by atoms with E-state index in [1.165, 1.54) is 16.7 Å². The molecule has 50 heavy (non-hydrogen) atoms. The van der Waals surface area contributed by atoms with Crippen molar-refractivity contribution in [3.8, 4) is 0 Å². The van der Waals surface area contributed by atoms with Gasteiger partial charge in [0.1, 0.15) is 5.42 Å². The lowest BCUT2D eigenvalue weighted by Crippen LogP contribution is -2.66. The second kappa shape index (κ2) is 14.4. The molecule has 0 aliphatic carbocycles. The van der Waals surface area contributed by atoms with Gasteiger partial charge in [-0.15, -0.1) is 11.8 Å². The van der Waals surface area contributed by atoms with E-state index >= 15 is 0 Å². The Labute approximate surface area is 296 Å². The fraction of sp³-hybridized carbons (Fsp3) is 0.0930. The molecule has 1 saturated heterocycles. The summed E-state index contributed by atoms with van der Waals surface area (Å²) in [5.74, 6) is -2.40. The van der Waals surface area contributed by atoms with Crippen LogP contribution in [0.3, 0.4) is 0 Å². The standard InChI is InChI=1S/C43H36NO4PS/c45-31-38-39(46)44(41(38)50-43(32-19-7-1-8-20-32,33-21-9-2-10-22-33)34-23-11-3-12-24-34)40(42(47)48)49(35-25-13-4-14-26-35,36-27-15-5-16-28-36)37-29-17-6-18-30-37/h1-30,38,41,45H,31H2,(H,47,48)/t38-,41+/m0/s1. The van der Waals surface area contributed by atoms with Crippen molar-refractivity contribution in [1.29, 1.82) is 0 Å². The molecular formula is C43H36NO4PS. The zero-order valence-electron chi connectivity index (χ0n) is 27.2. The first kappa shape index (κ1) is 33.4. The van der Waals surface area contributed by atoms with E-state index in [2.05, 4.69) is 36.4 Å². The summed E-state index contributed by atoms with van der Waals surface area (Å²) < 4.78 is -0.863. The van der Waals surface area contributed by atoms with Gasteiger partial charge in [-0.05, 0) is 32.6 Å². The van der Waals surface area contributed by atoms with Gasteiger partial charge in [0.2, 0.25) is 5.91 Å². The number of nitrogens with zero attached hydrogens (tertiary/aromatic N) is 1. The molecule has 1 heterocycles. The number of aliphatic hydroxyl groups is 1. The fourth-order valence-electron chi connectivity index (χ4n) is 7.13. The van der Waals surface area contributed by atoms with E-state index in [-0.39, 0.29) is 5.42 Å². The number of β-lactam (4-membered cyclic amide) rings is 1. The molecule has 248 valence electrons. The molecule has 0 radical (unpaired) electrons. The number of aliphatic hydroxyl groups excluding tert-OH is 1. The molecule has 1 fully saturated rings. The maximum atomic E-state index is 14.5. The fourth-order valence-corrected chi connectivity index (χ4v) is 13.4. The number of carboxylic acids is 1. The SMILES string of the molecule is O=C(O)C(N1C(=O)[C@H](CO)[C@H]1SC(c1ccccc1)(c1ccccc1)c1ccccc1)=P(c1ccccc1)(c1ccccc1)c1ccccc1. The maximum absolute atomic E-state index is 14.5. The van der Waals surface area contributed by atoms with Crippen LogP contribution in [0.1, 0.15) is 16.7 Å². The quantitative estimate of drug-likeness (QED) is 0.0898. The first-order valence-electron chi connectivity index (χ1n) is 16.5. The Balaban J connectivity index is 1.57. The Bertz CT molecular complexity index is 1930. The Morgan fingerprint density at radius 2 is 0.900 bits per heavy atom. The summed E-state index contributed by atoms with van der Waals surface area (Å²) in [6.07, 6.45) is 0. The molecule has 0 unspecified atom stereocenters. The minimum atomic E-state index is -3.21. The highest BCUT2D eigenvalue weighted by Gasteiger charge is 2.56. The van der Waals surface area contributed by atoms with Crippen molar-refractivity contribution in [3.05, 3.63) is 199 Å². The molecule has 6 aromatic carbocycles. The van der Waals surface area contributed by atoms with Crippen LogP contribution in [-0.2, 0) is 14.3 Å². The molecule has 2 N–H and O–H groups in total. The number of aliphatic carboxylic acids is 1. The van der Waals surface area contributed by atoms with E-state index in [9.17, 15) is 19.8 Å². The van der Waals surface area contributed by atoms with Gasteiger partial charge < -0.3 is 10.2 Å². The summed E-state index contributed by atoms with van der Waals surface area (Å²) in [7, 11) is 0. The van der Waals surface area contributed by atoms with Crippen molar-refractivity contribution >= 4 is 51.9 Å². The summed E-state index contributed by atoms with van der Waals surface area (Å²) >= 11 is 1.51. The largest absolute Gasteiger partial charge is 0.477 e. The second-order valence-electron chi connectivity index (χ2n) is 12.1. The molecule has 0 spiro atoms. The highest BCUT2D eigenvalue weighted by Crippen LogP contribution is 2.56. The second-order valence-corrected chi connectivity index (χ2v) is 16.7. The van der Waals surface area contributed by atoms with Gasteiger partial charge in [0.15, 0.2) is 0 Å². The van der Waals surface area contributed by atoms with Crippen LogP contribution in [0.4, 0.5) is 0 Å². The Hall–Kier alpha value is -5.13. The van der Waals surface area contributed by atoms with E-state index < -0.39 is 41.4 Å². The lowest BCUT2D eigenvalue weighted by atomic mass is 9.84. The molecule has 7 rings (SSSR count). The van der Waals surface area contributed by atoms with Gasteiger partial charge >= 0.3 is 5.97 Å². The first-order chi connectivity index (χ1) is 24.5. The van der Waals surface area contributed by atoms with Crippen molar-refractivity contribution in [1.82, 2.24) is 4.90 Å². The van der Waals surface area contributed by atoms with Crippen molar-refractivity contribution in [2.75, 3.05) is 6.61 Å². The van der Waals surface area contributed by atoms with Crippen LogP contribution < -0.4 is 15.9 Å². The van der Waals surface area contributed by atoms with Gasteiger partial charge in [0, 0.05) is 6.89 Å². The van der Waals surface area contributed by atoms with E-state index in [1.807, 2.05) is 146 Å². The molecule has 0 aromatic heterocycles. The van der Waals surface area contributed by atoms with Crippen molar-refractivity contribution in [2.45, 2.75) is 10.1 Å². The number of thioether (sulfide) groups is 1. The average Bonchev–Trinajstić information content (AvgIpc) is 3.18. The third-order valence-corrected chi connectivity index (χ3v) is 15.5. The maximum Gasteiger partial charge on any atom is 0.353 e. The third kappa shape index (κ3) is 5.60. The number of likely N-dealkylation sites (tertiary alicyclic amines) is 1. The van der Waals surface area contributed by atoms with E-state index in [4.69, 9.17) is 0 Å². The molecular weight excluding hydrogens is 658 g/mol. The molecule has 7 heteroatoms. The average molecular weight is 694 g/mol. The van der Waals surface area contributed by atoms with Gasteiger partial charge in [0.25, 0.3) is 0 Å². The predicted molar refractivity (Wildman–Crippen MR) is 206 cm³/mol. The highest BCUT2D eigenvalue weighted by molar-refractivity contribution is 8.01. The van der Waals surface area contributed by atoms with Gasteiger partial charge in [-0.25, -0.2) is 4.79 Å². The monoisotopic (exact) mass is 693 g/mol. The van der Waals surface area contributed by atoms with Crippen molar-refractivity contribution < 1.29 is 19.8 Å². The molecule has 2 atom stereocenters. The number of hydrogen-bond acceptors (Lipinski definition) is 4. The third-order valence-electron chi connectivity index (χ3n) is 9.36. The lowest BCUT2D eigenvalue weighted by Gasteiger charge is -2.52. The van der Waals surface area contributed by atoms with E-state index in [1.54, 1.807) is 0 Å². The Morgan fingerprint density at radius 1 is 0.580 bits per heavy atom. The Morgan fingerprint density at radius 3 is 1.20 bits per heavy atom. The van der Waals surface area contributed by atoms with Crippen LogP contribution in [0, 0.1) is 5.92 Å². The van der Waals surface area contributed by atoms with E-state index in [0.717, 1.165) is 32.6 Å². The highest BCUT2D eigenvalue weighted by atomic mass is 32.2. The summed E-state index contributed by atoms with van der Waals surface area (Å²) in [4.78, 5) is 30.1. The molecule has 1 amide bonds. The molecule has 1 aliphatic rings. The van der Waals surface area contributed by atoms with E-state index in [0.29, 0.717) is 0 Å². The normalized spacial score (nSPS) is 16.0. The van der Waals surface area contributed by atoms with Crippen LogP contribution in [0.25, 0.3) is 0 Å². The minimum Gasteiger partial charge on any atom is -0.477 e. The van der Waals surface area contributed by atoms with Gasteiger partial charge in [0.05, 0.1) is 22.6 Å². The van der Waals surface area contributed by atoms with Gasteiger partial charge in [-0.3, -0.25) is 9.69 Å². The number of amides is 1. The van der Waals surface area contributed by atoms with Crippen LogP contribution in [0.5, 0.6) is 0 Å². The number of benzene rings is 6. The zero-order chi connectivity index (χ0) is 34.6. The lowest BCUT2D eigenvalue weighted by molar-refractivity contribution is -0.147. The van der Waals surface area contributed by atoms with Crippen molar-refractivity contribution in [2.24, 2.45) is 5.92 Å². The number of carbonyl (C=O) groups is 2. The molecule has 1 aliphatic heterocycles. The molecule has 0 saturated carbocycles. The number of rotatable bonds is 11. The summed E-state index contributed by atoms with van der Waals surface area (Å²) in [5, 5.41) is 24.0. The number of carboxylic acid groups (broad SMARTS) is 1. The topological polar surface area (TPSA) is 77.8 Å². The first-order valence-corrected chi connectivity index (χ1v) is 19.2. The van der Waals surface area contributed by atoms with Gasteiger partial charge in [-0.2, -0.15) is 0 Å². The molecule has 0 bridgehead atoms. The van der Waals surface area contributed by atoms with Crippen LogP contribution in [-0.4, -0.2) is 44.4 Å². The molecule has 6 aromatic rings. The summed E-state index contributed by atoms with van der Waals surface area (Å²) in [6.45, 7) is -3.62. The zero-order valence-corrected chi connectivity index (χ0v) is 28.9. The molecule has 5 nitrogen and oxygen atoms in total. The number of carbonyl (C=O) groups excluding carboxylic acids is 1. The minimum absolute atomic E-state index is 0.0244. The van der Waals surface area contributed by atoms with Crippen LogP contribution >= 0.6 is 18.6 Å². The van der Waals surface area contributed by atoms with Crippen LogP contribution in [0.15, 0.2) is 182 Å². The van der Waals surface area contributed by atoms with Crippen molar-refractivity contribution in [3.63, 3.8) is 0 Å². The summed E-state index contributed by atoms with van der Waals surface area (Å²) in [5.41, 5.74) is 2.96.